The molecule has 0 bridgehead atoms. The predicted octanol–water partition coefficient (Wildman–Crippen LogP) is 4.79. The highest BCUT2D eigenvalue weighted by Crippen LogP contribution is 2.45. The van der Waals surface area contributed by atoms with Gasteiger partial charge in [-0.05, 0) is 51.6 Å². The van der Waals surface area contributed by atoms with Crippen molar-refractivity contribution in [2.45, 2.75) is 30.5 Å². The van der Waals surface area contributed by atoms with Crippen LogP contribution in [0.4, 0.5) is 0 Å². The summed E-state index contributed by atoms with van der Waals surface area (Å²) in [5, 5.41) is 4.47. The van der Waals surface area contributed by atoms with Gasteiger partial charge in [0.25, 0.3) is 0 Å². The van der Waals surface area contributed by atoms with Crippen LogP contribution in [0.1, 0.15) is 31.2 Å². The summed E-state index contributed by atoms with van der Waals surface area (Å²) in [5.74, 6) is 1.52. The first kappa shape index (κ1) is 10.2. The standard InChI is InChI=1S/C10H12Br2S/c1-6-7(2-3-9(6)11)8-4-13-5-10(8)12/h4-7,9H,2-3H2,1H3. The van der Waals surface area contributed by atoms with Gasteiger partial charge in [0.05, 0.1) is 0 Å². The first-order chi connectivity index (χ1) is 6.20. The summed E-state index contributed by atoms with van der Waals surface area (Å²) in [6.07, 6.45) is 2.64. The molecule has 1 aliphatic carbocycles. The minimum atomic E-state index is 0.712. The normalized spacial score (nSPS) is 33.9. The molecule has 1 aliphatic rings. The Labute approximate surface area is 100.0 Å². The Morgan fingerprint density at radius 3 is 2.62 bits per heavy atom. The summed E-state index contributed by atoms with van der Waals surface area (Å²) < 4.78 is 1.30. The molecule has 1 fully saturated rings. The summed E-state index contributed by atoms with van der Waals surface area (Å²) in [6.45, 7) is 2.35. The lowest BCUT2D eigenvalue weighted by Gasteiger charge is -2.16. The monoisotopic (exact) mass is 322 g/mol. The maximum Gasteiger partial charge on any atom is 0.0317 e. The van der Waals surface area contributed by atoms with Crippen LogP contribution in [0.25, 0.3) is 0 Å². The van der Waals surface area contributed by atoms with E-state index in [1.54, 1.807) is 11.3 Å². The SMILES string of the molecule is CC1C(Br)CCC1c1cscc1Br. The van der Waals surface area contributed by atoms with Crippen LogP contribution >= 0.6 is 43.2 Å². The zero-order chi connectivity index (χ0) is 9.42. The Bertz CT molecular complexity index is 295. The van der Waals surface area contributed by atoms with Crippen LogP contribution in [-0.4, -0.2) is 4.83 Å². The van der Waals surface area contributed by atoms with Crippen molar-refractivity contribution in [2.24, 2.45) is 5.92 Å². The molecule has 0 radical (unpaired) electrons. The summed E-state index contributed by atoms with van der Waals surface area (Å²) in [7, 11) is 0. The third-order valence-electron chi connectivity index (χ3n) is 3.00. The molecule has 1 heterocycles. The highest BCUT2D eigenvalue weighted by atomic mass is 79.9. The number of thiophene rings is 1. The molecule has 0 N–H and O–H groups in total. The quantitative estimate of drug-likeness (QED) is 0.652. The van der Waals surface area contributed by atoms with Gasteiger partial charge >= 0.3 is 0 Å². The van der Waals surface area contributed by atoms with Crippen molar-refractivity contribution in [3.05, 3.63) is 20.8 Å². The maximum absolute atomic E-state index is 3.74. The second-order valence-electron chi connectivity index (χ2n) is 3.73. The molecule has 13 heavy (non-hydrogen) atoms. The van der Waals surface area contributed by atoms with Crippen LogP contribution in [0.2, 0.25) is 0 Å². The molecule has 0 spiro atoms. The Morgan fingerprint density at radius 1 is 1.38 bits per heavy atom. The van der Waals surface area contributed by atoms with Crippen LogP contribution in [-0.2, 0) is 0 Å². The van der Waals surface area contributed by atoms with Gasteiger partial charge in [0.15, 0.2) is 0 Å². The molecule has 72 valence electrons. The van der Waals surface area contributed by atoms with E-state index in [-0.39, 0.29) is 0 Å². The topological polar surface area (TPSA) is 0 Å². The van der Waals surface area contributed by atoms with Crippen LogP contribution in [0, 0.1) is 5.92 Å². The van der Waals surface area contributed by atoms with E-state index >= 15 is 0 Å². The van der Waals surface area contributed by atoms with Gasteiger partial charge < -0.3 is 0 Å². The first-order valence-corrected chi connectivity index (χ1v) is 7.21. The fourth-order valence-electron chi connectivity index (χ4n) is 2.11. The fraction of sp³-hybridized carbons (Fsp3) is 0.600. The van der Waals surface area contributed by atoms with Crippen molar-refractivity contribution < 1.29 is 0 Å². The van der Waals surface area contributed by atoms with Crippen LogP contribution in [0.15, 0.2) is 15.2 Å². The van der Waals surface area contributed by atoms with Gasteiger partial charge in [-0.1, -0.05) is 22.9 Å². The van der Waals surface area contributed by atoms with Gasteiger partial charge in [0.2, 0.25) is 0 Å². The highest BCUT2D eigenvalue weighted by Gasteiger charge is 2.33. The van der Waals surface area contributed by atoms with Crippen molar-refractivity contribution in [2.75, 3.05) is 0 Å². The van der Waals surface area contributed by atoms with E-state index in [0.29, 0.717) is 4.83 Å². The molecular weight excluding hydrogens is 312 g/mol. The zero-order valence-electron chi connectivity index (χ0n) is 7.47. The van der Waals surface area contributed by atoms with Crippen molar-refractivity contribution in [1.29, 1.82) is 0 Å². The Kier molecular flexibility index (Phi) is 3.16. The lowest BCUT2D eigenvalue weighted by molar-refractivity contribution is 0.544. The second kappa shape index (κ2) is 4.03. The Hall–Kier alpha value is 0.660. The van der Waals surface area contributed by atoms with Crippen molar-refractivity contribution >= 4 is 43.2 Å². The Morgan fingerprint density at radius 2 is 2.15 bits per heavy atom. The van der Waals surface area contributed by atoms with Crippen molar-refractivity contribution in [1.82, 2.24) is 0 Å². The minimum absolute atomic E-state index is 0.712. The molecule has 1 saturated carbocycles. The molecule has 1 aromatic rings. The zero-order valence-corrected chi connectivity index (χ0v) is 11.5. The summed E-state index contributed by atoms with van der Waals surface area (Å²) in [4.78, 5) is 0.712. The molecule has 3 atom stereocenters. The average Bonchev–Trinajstić information content (AvgIpc) is 2.62. The smallest absolute Gasteiger partial charge is 0.0317 e. The summed E-state index contributed by atoms with van der Waals surface area (Å²) in [5.41, 5.74) is 1.51. The number of alkyl halides is 1. The van der Waals surface area contributed by atoms with Crippen molar-refractivity contribution in [3.63, 3.8) is 0 Å². The van der Waals surface area contributed by atoms with E-state index in [2.05, 4.69) is 49.5 Å². The number of rotatable bonds is 1. The number of hydrogen-bond donors (Lipinski definition) is 0. The molecule has 0 aliphatic heterocycles. The number of halogens is 2. The van der Waals surface area contributed by atoms with Gasteiger partial charge in [-0.25, -0.2) is 0 Å². The van der Waals surface area contributed by atoms with E-state index in [1.165, 1.54) is 22.9 Å². The minimum Gasteiger partial charge on any atom is -0.151 e. The lowest BCUT2D eigenvalue weighted by Crippen LogP contribution is -2.08. The molecule has 3 heteroatoms. The highest BCUT2D eigenvalue weighted by molar-refractivity contribution is 9.10. The van der Waals surface area contributed by atoms with Gasteiger partial charge in [-0.3, -0.25) is 0 Å². The first-order valence-electron chi connectivity index (χ1n) is 4.56. The molecular formula is C10H12Br2S. The molecule has 0 saturated heterocycles. The lowest BCUT2D eigenvalue weighted by atomic mass is 9.92. The average molecular weight is 324 g/mol. The Balaban J connectivity index is 2.23. The van der Waals surface area contributed by atoms with E-state index in [4.69, 9.17) is 0 Å². The van der Waals surface area contributed by atoms with Crippen LogP contribution < -0.4 is 0 Å². The molecule has 2 rings (SSSR count). The van der Waals surface area contributed by atoms with Crippen LogP contribution in [0.3, 0.4) is 0 Å². The van der Waals surface area contributed by atoms with E-state index in [9.17, 15) is 0 Å². The summed E-state index contributed by atoms with van der Waals surface area (Å²) in [6, 6.07) is 0. The van der Waals surface area contributed by atoms with E-state index < -0.39 is 0 Å². The fourth-order valence-corrected chi connectivity index (χ4v) is 4.40. The van der Waals surface area contributed by atoms with Gasteiger partial charge in [0.1, 0.15) is 0 Å². The second-order valence-corrected chi connectivity index (χ2v) is 6.51. The molecule has 0 nitrogen and oxygen atoms in total. The number of hydrogen-bond acceptors (Lipinski definition) is 1. The molecule has 1 aromatic heterocycles. The molecule has 0 amide bonds. The summed E-state index contributed by atoms with van der Waals surface area (Å²) >= 11 is 9.16. The van der Waals surface area contributed by atoms with Gasteiger partial charge in [-0.2, -0.15) is 11.3 Å². The van der Waals surface area contributed by atoms with E-state index in [1.807, 2.05) is 0 Å². The molecule has 0 aromatic carbocycles. The van der Waals surface area contributed by atoms with Crippen molar-refractivity contribution in [3.8, 4) is 0 Å². The van der Waals surface area contributed by atoms with Gasteiger partial charge in [0, 0.05) is 14.7 Å². The molecule has 3 unspecified atom stereocenters. The van der Waals surface area contributed by atoms with Gasteiger partial charge in [-0.15, -0.1) is 0 Å². The van der Waals surface area contributed by atoms with Crippen LogP contribution in [0.5, 0.6) is 0 Å². The van der Waals surface area contributed by atoms with E-state index in [0.717, 1.165) is 11.8 Å². The largest absolute Gasteiger partial charge is 0.151 e. The third-order valence-corrected chi connectivity index (χ3v) is 6.04. The predicted molar refractivity (Wildman–Crippen MR) is 65.9 cm³/mol. The maximum atomic E-state index is 3.74. The third kappa shape index (κ3) is 1.88.